The molecule has 1 aliphatic heterocycles. The van der Waals surface area contributed by atoms with E-state index in [1.807, 2.05) is 12.1 Å². The second-order valence-corrected chi connectivity index (χ2v) is 5.63. The molecule has 0 radical (unpaired) electrons. The average Bonchev–Trinajstić information content (AvgIpc) is 2.46. The van der Waals surface area contributed by atoms with Crippen LogP contribution in [0.5, 0.6) is 0 Å². The first kappa shape index (κ1) is 15.1. The van der Waals surface area contributed by atoms with Crippen molar-refractivity contribution < 1.29 is 5.11 Å². The molecule has 0 aliphatic carbocycles. The van der Waals surface area contributed by atoms with Crippen molar-refractivity contribution in [3.8, 4) is 11.8 Å². The molecule has 0 saturated carbocycles. The highest BCUT2D eigenvalue weighted by Crippen LogP contribution is 2.16. The molecule has 1 fully saturated rings. The van der Waals surface area contributed by atoms with E-state index >= 15 is 0 Å². The molecule has 1 aliphatic rings. The molecular weight excluding hydrogens is 248 g/mol. The van der Waals surface area contributed by atoms with Gasteiger partial charge in [-0.25, -0.2) is 0 Å². The van der Waals surface area contributed by atoms with Gasteiger partial charge >= 0.3 is 0 Å². The van der Waals surface area contributed by atoms with Crippen molar-refractivity contribution in [1.82, 2.24) is 9.80 Å². The lowest BCUT2D eigenvalue weighted by Crippen LogP contribution is -2.44. The summed E-state index contributed by atoms with van der Waals surface area (Å²) < 4.78 is 0. The molecule has 0 amide bonds. The third kappa shape index (κ3) is 4.35. The van der Waals surface area contributed by atoms with E-state index in [4.69, 9.17) is 5.11 Å². The Bertz CT molecular complexity index is 472. The Hall–Kier alpha value is -1.34. The quantitative estimate of drug-likeness (QED) is 0.846. The van der Waals surface area contributed by atoms with Crippen molar-refractivity contribution in [2.75, 3.05) is 33.8 Å². The number of rotatable bonds is 3. The fourth-order valence-electron chi connectivity index (χ4n) is 2.75. The molecule has 3 nitrogen and oxygen atoms in total. The Kier molecular flexibility index (Phi) is 5.60. The lowest BCUT2D eigenvalue weighted by atomic mass is 10.0. The molecule has 20 heavy (non-hydrogen) atoms. The van der Waals surface area contributed by atoms with E-state index in [2.05, 4.69) is 47.9 Å². The van der Waals surface area contributed by atoms with E-state index in [-0.39, 0.29) is 6.61 Å². The van der Waals surface area contributed by atoms with Gasteiger partial charge in [0.1, 0.15) is 6.61 Å². The molecule has 1 aromatic rings. The summed E-state index contributed by atoms with van der Waals surface area (Å²) in [5.41, 5.74) is 2.28. The molecule has 2 rings (SSSR count). The predicted molar refractivity (Wildman–Crippen MR) is 82.4 cm³/mol. The maximum atomic E-state index is 8.68. The molecule has 1 atom stereocenters. The summed E-state index contributed by atoms with van der Waals surface area (Å²) in [6.45, 7) is 3.28. The molecule has 1 N–H and O–H groups in total. The maximum Gasteiger partial charge on any atom is 0.104 e. The van der Waals surface area contributed by atoms with Crippen molar-refractivity contribution in [2.24, 2.45) is 0 Å². The summed E-state index contributed by atoms with van der Waals surface area (Å²) in [5.74, 6) is 5.59. The third-order valence-corrected chi connectivity index (χ3v) is 3.92. The second kappa shape index (κ2) is 7.44. The molecule has 1 saturated heterocycles. The van der Waals surface area contributed by atoms with Crippen LogP contribution in [-0.4, -0.2) is 54.7 Å². The van der Waals surface area contributed by atoms with Gasteiger partial charge in [0.2, 0.25) is 0 Å². The van der Waals surface area contributed by atoms with Gasteiger partial charge in [-0.2, -0.15) is 0 Å². The number of piperidine rings is 1. The standard InChI is InChI=1S/C17H24N2O/c1-18-11-3-6-17(14-18)19(2)13-16-9-7-15(8-10-16)5-4-12-20/h7-10,17,20H,3,6,11-14H2,1-2H3. The van der Waals surface area contributed by atoms with E-state index in [9.17, 15) is 0 Å². The fourth-order valence-corrected chi connectivity index (χ4v) is 2.75. The van der Waals surface area contributed by atoms with E-state index in [0.29, 0.717) is 6.04 Å². The van der Waals surface area contributed by atoms with E-state index in [1.54, 1.807) is 0 Å². The highest BCUT2D eigenvalue weighted by Gasteiger charge is 2.20. The first-order valence-electron chi connectivity index (χ1n) is 7.26. The van der Waals surface area contributed by atoms with Gasteiger partial charge in [-0.05, 0) is 51.2 Å². The number of hydrogen-bond acceptors (Lipinski definition) is 3. The Balaban J connectivity index is 1.92. The normalized spacial score (nSPS) is 19.7. The second-order valence-electron chi connectivity index (χ2n) is 5.63. The fraction of sp³-hybridized carbons (Fsp3) is 0.529. The zero-order chi connectivity index (χ0) is 14.4. The Morgan fingerprint density at radius 2 is 2.10 bits per heavy atom. The molecular formula is C17H24N2O. The number of nitrogens with zero attached hydrogens (tertiary/aromatic N) is 2. The summed E-state index contributed by atoms with van der Waals surface area (Å²) in [4.78, 5) is 4.86. The first-order valence-corrected chi connectivity index (χ1v) is 7.26. The minimum Gasteiger partial charge on any atom is -0.384 e. The highest BCUT2D eigenvalue weighted by atomic mass is 16.2. The predicted octanol–water partition coefficient (Wildman–Crippen LogP) is 1.56. The van der Waals surface area contributed by atoms with Crippen molar-refractivity contribution in [3.05, 3.63) is 35.4 Å². The van der Waals surface area contributed by atoms with Crippen LogP contribution in [0.2, 0.25) is 0 Å². The zero-order valence-electron chi connectivity index (χ0n) is 12.5. The summed E-state index contributed by atoms with van der Waals surface area (Å²) in [6.07, 6.45) is 2.59. The molecule has 3 heteroatoms. The summed E-state index contributed by atoms with van der Waals surface area (Å²) in [6, 6.07) is 8.97. The average molecular weight is 272 g/mol. The van der Waals surface area contributed by atoms with Crippen LogP contribution in [-0.2, 0) is 6.54 Å². The summed E-state index contributed by atoms with van der Waals surface area (Å²) in [5, 5.41) is 8.68. The van der Waals surface area contributed by atoms with Gasteiger partial charge in [-0.1, -0.05) is 24.0 Å². The minimum atomic E-state index is -0.0836. The van der Waals surface area contributed by atoms with Crippen LogP contribution < -0.4 is 0 Å². The van der Waals surface area contributed by atoms with Crippen LogP contribution in [0.3, 0.4) is 0 Å². The molecule has 1 unspecified atom stereocenters. The van der Waals surface area contributed by atoms with Gasteiger partial charge in [0.25, 0.3) is 0 Å². The molecule has 1 aromatic carbocycles. The van der Waals surface area contributed by atoms with Gasteiger partial charge < -0.3 is 10.0 Å². The Morgan fingerprint density at radius 1 is 1.35 bits per heavy atom. The minimum absolute atomic E-state index is 0.0836. The molecule has 0 bridgehead atoms. The van der Waals surface area contributed by atoms with E-state index in [1.165, 1.54) is 24.9 Å². The van der Waals surface area contributed by atoms with Crippen molar-refractivity contribution >= 4 is 0 Å². The van der Waals surface area contributed by atoms with Crippen molar-refractivity contribution in [3.63, 3.8) is 0 Å². The largest absolute Gasteiger partial charge is 0.384 e. The number of aliphatic hydroxyl groups is 1. The molecule has 1 heterocycles. The van der Waals surface area contributed by atoms with Crippen LogP contribution in [0.15, 0.2) is 24.3 Å². The summed E-state index contributed by atoms with van der Waals surface area (Å²) in [7, 11) is 4.41. The molecule has 0 aromatic heterocycles. The third-order valence-electron chi connectivity index (χ3n) is 3.92. The number of hydrogen-bond donors (Lipinski definition) is 1. The summed E-state index contributed by atoms with van der Waals surface area (Å²) >= 11 is 0. The Labute approximate surface area is 122 Å². The zero-order valence-corrected chi connectivity index (χ0v) is 12.5. The number of benzene rings is 1. The van der Waals surface area contributed by atoms with Crippen LogP contribution in [0.25, 0.3) is 0 Å². The van der Waals surface area contributed by atoms with Crippen LogP contribution in [0.4, 0.5) is 0 Å². The number of aliphatic hydroxyl groups excluding tert-OH is 1. The Morgan fingerprint density at radius 3 is 2.75 bits per heavy atom. The smallest absolute Gasteiger partial charge is 0.104 e. The van der Waals surface area contributed by atoms with Crippen LogP contribution in [0, 0.1) is 11.8 Å². The topological polar surface area (TPSA) is 26.7 Å². The first-order chi connectivity index (χ1) is 9.69. The van der Waals surface area contributed by atoms with Gasteiger partial charge in [0.15, 0.2) is 0 Å². The van der Waals surface area contributed by atoms with Crippen molar-refractivity contribution in [2.45, 2.75) is 25.4 Å². The van der Waals surface area contributed by atoms with Gasteiger partial charge in [-0.3, -0.25) is 4.90 Å². The highest BCUT2D eigenvalue weighted by molar-refractivity contribution is 5.36. The molecule has 108 valence electrons. The van der Waals surface area contributed by atoms with E-state index in [0.717, 1.165) is 18.7 Å². The SMILES string of the molecule is CN1CCCC(N(C)Cc2ccc(C#CCO)cc2)C1. The van der Waals surface area contributed by atoms with Gasteiger partial charge in [-0.15, -0.1) is 0 Å². The lowest BCUT2D eigenvalue weighted by molar-refractivity contribution is 0.129. The van der Waals surface area contributed by atoms with Gasteiger partial charge in [0, 0.05) is 24.7 Å². The van der Waals surface area contributed by atoms with Gasteiger partial charge in [0.05, 0.1) is 0 Å². The number of likely N-dealkylation sites (N-methyl/N-ethyl adjacent to an activating group) is 2. The maximum absolute atomic E-state index is 8.68. The van der Waals surface area contributed by atoms with Crippen LogP contribution >= 0.6 is 0 Å². The number of likely N-dealkylation sites (tertiary alicyclic amines) is 1. The monoisotopic (exact) mass is 272 g/mol. The van der Waals surface area contributed by atoms with E-state index < -0.39 is 0 Å². The lowest BCUT2D eigenvalue weighted by Gasteiger charge is -2.35. The van der Waals surface area contributed by atoms with Crippen LogP contribution in [0.1, 0.15) is 24.0 Å². The van der Waals surface area contributed by atoms with Crippen molar-refractivity contribution in [1.29, 1.82) is 0 Å². The molecule has 0 spiro atoms.